The second-order valence-electron chi connectivity index (χ2n) is 11.7. The molecule has 7 rings (SSSR count). The van der Waals surface area contributed by atoms with Gasteiger partial charge in [0.25, 0.3) is 0 Å². The van der Waals surface area contributed by atoms with Gasteiger partial charge < -0.3 is 5.73 Å². The Balaban J connectivity index is 1.35. The van der Waals surface area contributed by atoms with Crippen LogP contribution in [0.1, 0.15) is 34.7 Å². The van der Waals surface area contributed by atoms with Crippen LogP contribution in [0, 0.1) is 6.92 Å². The standard InChI is InChI=1S/C42H35NS/c1-29-26-30(28-44-41-19-11-10-18-40(41)43)20-25-35(29)37-16-8-9-17-39(37)42(2,33-13-4-3-5-14-33)34-24-23-32-22-21-31-12-6-7-15-36(31)38(32)27-34/h3-27H,28,43H2,1-2H3. The molecule has 7 aromatic rings. The van der Waals surface area contributed by atoms with E-state index in [4.69, 9.17) is 5.73 Å². The number of nitrogens with two attached hydrogens (primary N) is 1. The first-order chi connectivity index (χ1) is 21.5. The number of thioether (sulfide) groups is 1. The zero-order valence-corrected chi connectivity index (χ0v) is 25.9. The average molecular weight is 586 g/mol. The number of nitrogen functional groups attached to an aromatic ring is 1. The minimum atomic E-state index is -0.380. The number of aryl methyl sites for hydroxylation is 1. The fourth-order valence-electron chi connectivity index (χ4n) is 6.61. The Kier molecular flexibility index (Phi) is 7.46. The van der Waals surface area contributed by atoms with Gasteiger partial charge in [0, 0.05) is 21.8 Å². The molecule has 0 aromatic heterocycles. The van der Waals surface area contributed by atoms with Crippen molar-refractivity contribution >= 4 is 39.0 Å². The predicted octanol–water partition coefficient (Wildman–Crippen LogP) is 11.2. The summed E-state index contributed by atoms with van der Waals surface area (Å²) in [6, 6.07) is 55.1. The van der Waals surface area contributed by atoms with Gasteiger partial charge in [-0.3, -0.25) is 0 Å². The molecule has 1 unspecified atom stereocenters. The monoisotopic (exact) mass is 585 g/mol. The Bertz CT molecular complexity index is 2110. The Hall–Kier alpha value is -4.79. The van der Waals surface area contributed by atoms with Crippen LogP contribution in [0.5, 0.6) is 0 Å². The highest BCUT2D eigenvalue weighted by atomic mass is 32.2. The quantitative estimate of drug-likeness (QED) is 0.0871. The summed E-state index contributed by atoms with van der Waals surface area (Å²) < 4.78 is 0. The zero-order valence-electron chi connectivity index (χ0n) is 25.1. The first-order valence-corrected chi connectivity index (χ1v) is 16.2. The van der Waals surface area contributed by atoms with Gasteiger partial charge in [-0.1, -0.05) is 133 Å². The first kappa shape index (κ1) is 28.0. The van der Waals surface area contributed by atoms with Crippen molar-refractivity contribution in [3.05, 3.63) is 179 Å². The highest BCUT2D eigenvalue weighted by molar-refractivity contribution is 7.98. The summed E-state index contributed by atoms with van der Waals surface area (Å²) in [6.07, 6.45) is 0. The second-order valence-corrected chi connectivity index (χ2v) is 12.8. The first-order valence-electron chi connectivity index (χ1n) is 15.2. The molecule has 0 bridgehead atoms. The van der Waals surface area contributed by atoms with Gasteiger partial charge >= 0.3 is 0 Å². The molecule has 1 atom stereocenters. The van der Waals surface area contributed by atoms with Crippen molar-refractivity contribution in [2.24, 2.45) is 0 Å². The molecule has 2 heteroatoms. The molecule has 0 fully saturated rings. The van der Waals surface area contributed by atoms with Crippen LogP contribution in [0.2, 0.25) is 0 Å². The van der Waals surface area contributed by atoms with Gasteiger partial charge in [0.15, 0.2) is 0 Å². The molecule has 0 aliphatic rings. The van der Waals surface area contributed by atoms with E-state index in [-0.39, 0.29) is 5.41 Å². The summed E-state index contributed by atoms with van der Waals surface area (Å²) in [5.41, 5.74) is 15.6. The second kappa shape index (κ2) is 11.7. The van der Waals surface area contributed by atoms with E-state index in [0.29, 0.717) is 0 Å². The maximum Gasteiger partial charge on any atom is 0.0452 e. The molecule has 0 radical (unpaired) electrons. The van der Waals surface area contributed by atoms with Crippen molar-refractivity contribution in [3.63, 3.8) is 0 Å². The lowest BCUT2D eigenvalue weighted by molar-refractivity contribution is 0.695. The number of benzene rings is 7. The summed E-state index contributed by atoms with van der Waals surface area (Å²) in [7, 11) is 0. The van der Waals surface area contributed by atoms with E-state index in [9.17, 15) is 0 Å². The van der Waals surface area contributed by atoms with E-state index in [0.717, 1.165) is 16.3 Å². The summed E-state index contributed by atoms with van der Waals surface area (Å²) in [4.78, 5) is 1.13. The molecule has 2 N–H and O–H groups in total. The Labute approximate surface area is 264 Å². The van der Waals surface area contributed by atoms with E-state index in [1.165, 1.54) is 60.5 Å². The van der Waals surface area contributed by atoms with Gasteiger partial charge in [-0.05, 0) is 92.5 Å². The average Bonchev–Trinajstić information content (AvgIpc) is 3.08. The molecule has 0 saturated carbocycles. The number of hydrogen-bond donors (Lipinski definition) is 1. The Morgan fingerprint density at radius 3 is 2.07 bits per heavy atom. The maximum absolute atomic E-state index is 6.21. The normalized spacial score (nSPS) is 12.8. The van der Waals surface area contributed by atoms with Crippen molar-refractivity contribution in [2.45, 2.75) is 29.9 Å². The summed E-state index contributed by atoms with van der Waals surface area (Å²) >= 11 is 1.79. The summed E-state index contributed by atoms with van der Waals surface area (Å²) in [5.74, 6) is 0.879. The van der Waals surface area contributed by atoms with Crippen molar-refractivity contribution in [1.29, 1.82) is 0 Å². The van der Waals surface area contributed by atoms with Crippen LogP contribution in [-0.4, -0.2) is 0 Å². The van der Waals surface area contributed by atoms with Crippen LogP contribution >= 0.6 is 11.8 Å². The number of fused-ring (bicyclic) bond motifs is 3. The van der Waals surface area contributed by atoms with Gasteiger partial charge in [0.05, 0.1) is 0 Å². The lowest BCUT2D eigenvalue weighted by Crippen LogP contribution is -2.26. The number of hydrogen-bond acceptors (Lipinski definition) is 2. The van der Waals surface area contributed by atoms with Gasteiger partial charge in [-0.25, -0.2) is 0 Å². The number of anilines is 1. The highest BCUT2D eigenvalue weighted by Gasteiger charge is 2.34. The van der Waals surface area contributed by atoms with Gasteiger partial charge in [0.2, 0.25) is 0 Å². The molecule has 0 aliphatic heterocycles. The van der Waals surface area contributed by atoms with Crippen molar-refractivity contribution in [1.82, 2.24) is 0 Å². The zero-order chi connectivity index (χ0) is 30.1. The lowest BCUT2D eigenvalue weighted by Gasteiger charge is -2.34. The van der Waals surface area contributed by atoms with E-state index < -0.39 is 0 Å². The van der Waals surface area contributed by atoms with Crippen molar-refractivity contribution in [2.75, 3.05) is 5.73 Å². The minimum Gasteiger partial charge on any atom is -0.398 e. The van der Waals surface area contributed by atoms with E-state index in [1.54, 1.807) is 11.8 Å². The third kappa shape index (κ3) is 5.06. The molecule has 0 aliphatic carbocycles. The van der Waals surface area contributed by atoms with Crippen LogP contribution in [0.25, 0.3) is 32.7 Å². The lowest BCUT2D eigenvalue weighted by atomic mass is 9.68. The van der Waals surface area contributed by atoms with Crippen molar-refractivity contribution < 1.29 is 0 Å². The van der Waals surface area contributed by atoms with Crippen LogP contribution in [0.3, 0.4) is 0 Å². The van der Waals surface area contributed by atoms with E-state index >= 15 is 0 Å². The molecule has 44 heavy (non-hydrogen) atoms. The number of rotatable bonds is 7. The summed E-state index contributed by atoms with van der Waals surface area (Å²) in [6.45, 7) is 4.62. The molecule has 0 amide bonds. The SMILES string of the molecule is Cc1cc(CSc2ccccc2N)ccc1-c1ccccc1C(C)(c1ccccc1)c1ccc2ccc3ccccc3c2c1. The molecule has 0 spiro atoms. The van der Waals surface area contributed by atoms with E-state index in [2.05, 4.69) is 147 Å². The molecule has 0 saturated heterocycles. The molecular formula is C42H35NS. The molecular weight excluding hydrogens is 551 g/mol. The third-order valence-corrected chi connectivity index (χ3v) is 10.2. The Morgan fingerprint density at radius 2 is 1.25 bits per heavy atom. The van der Waals surface area contributed by atoms with Gasteiger partial charge in [-0.15, -0.1) is 11.8 Å². The minimum absolute atomic E-state index is 0.380. The van der Waals surface area contributed by atoms with Crippen LogP contribution in [-0.2, 0) is 11.2 Å². The van der Waals surface area contributed by atoms with Gasteiger partial charge in [0.1, 0.15) is 0 Å². The van der Waals surface area contributed by atoms with Crippen molar-refractivity contribution in [3.8, 4) is 11.1 Å². The fraction of sp³-hybridized carbons (Fsp3) is 0.0952. The third-order valence-electron chi connectivity index (χ3n) is 9.04. The molecule has 1 nitrogen and oxygen atoms in total. The fourth-order valence-corrected chi connectivity index (χ4v) is 7.52. The Morgan fingerprint density at radius 1 is 0.568 bits per heavy atom. The topological polar surface area (TPSA) is 26.0 Å². The summed E-state index contributed by atoms with van der Waals surface area (Å²) in [5, 5.41) is 5.11. The molecule has 7 aromatic carbocycles. The number of para-hydroxylation sites is 1. The largest absolute Gasteiger partial charge is 0.398 e. The van der Waals surface area contributed by atoms with Gasteiger partial charge in [-0.2, -0.15) is 0 Å². The van der Waals surface area contributed by atoms with Crippen LogP contribution in [0.15, 0.2) is 157 Å². The molecule has 214 valence electrons. The van der Waals surface area contributed by atoms with Crippen LogP contribution < -0.4 is 5.73 Å². The van der Waals surface area contributed by atoms with E-state index in [1.807, 2.05) is 18.2 Å². The predicted molar refractivity (Wildman–Crippen MR) is 190 cm³/mol. The van der Waals surface area contributed by atoms with Crippen LogP contribution in [0.4, 0.5) is 5.69 Å². The highest BCUT2D eigenvalue weighted by Crippen LogP contribution is 2.45. The smallest absolute Gasteiger partial charge is 0.0452 e. The molecule has 0 heterocycles. The maximum atomic E-state index is 6.21.